The minimum atomic E-state index is -0.475. The molecule has 2 heterocycles. The van der Waals surface area contributed by atoms with Crippen molar-refractivity contribution in [1.29, 1.82) is 0 Å². The van der Waals surface area contributed by atoms with Gasteiger partial charge in [0.1, 0.15) is 5.69 Å². The minimum Gasteiger partial charge on any atom is -0.368 e. The molecule has 1 fully saturated rings. The number of hydrogen-bond donors (Lipinski definition) is 1. The molecule has 19 heavy (non-hydrogen) atoms. The van der Waals surface area contributed by atoms with Crippen LogP contribution in [0.3, 0.4) is 0 Å². The van der Waals surface area contributed by atoms with Gasteiger partial charge in [0.15, 0.2) is 5.82 Å². The number of nitrogen functional groups attached to an aromatic ring is 1. The Labute approximate surface area is 114 Å². The largest absolute Gasteiger partial charge is 0.368 e. The van der Waals surface area contributed by atoms with Crippen molar-refractivity contribution in [1.82, 2.24) is 14.8 Å². The molecule has 0 saturated carbocycles. The van der Waals surface area contributed by atoms with E-state index < -0.39 is 5.82 Å². The molecule has 7 heteroatoms. The minimum absolute atomic E-state index is 0.133. The molecular weight excluding hydrogens is 269 g/mol. The second-order valence-electron chi connectivity index (χ2n) is 4.45. The zero-order valence-electron chi connectivity index (χ0n) is 10.2. The highest BCUT2D eigenvalue weighted by molar-refractivity contribution is 6.32. The van der Waals surface area contributed by atoms with E-state index in [0.29, 0.717) is 5.95 Å². The van der Waals surface area contributed by atoms with E-state index in [1.165, 1.54) is 16.8 Å². The standard InChI is InChI=1S/C12H13ClFN5/c13-8-4-3-5-9(14)10(8)19-11(15)16-12(17-19)18-6-1-2-7-18/h3-5H,1-2,6-7H2,(H2,15,16,17). The van der Waals surface area contributed by atoms with Gasteiger partial charge in [-0.15, -0.1) is 5.10 Å². The quantitative estimate of drug-likeness (QED) is 0.917. The summed E-state index contributed by atoms with van der Waals surface area (Å²) in [5.74, 6) is 0.181. The Morgan fingerprint density at radius 2 is 2.00 bits per heavy atom. The second kappa shape index (κ2) is 4.70. The molecule has 100 valence electrons. The van der Waals surface area contributed by atoms with Crippen LogP contribution in [0.25, 0.3) is 5.69 Å². The fourth-order valence-electron chi connectivity index (χ4n) is 2.22. The zero-order valence-corrected chi connectivity index (χ0v) is 10.9. The van der Waals surface area contributed by atoms with Crippen molar-refractivity contribution in [3.8, 4) is 5.69 Å². The summed E-state index contributed by atoms with van der Waals surface area (Å²) in [6, 6.07) is 4.45. The van der Waals surface area contributed by atoms with Gasteiger partial charge in [-0.1, -0.05) is 17.7 Å². The summed E-state index contributed by atoms with van der Waals surface area (Å²) in [6.45, 7) is 1.79. The first-order valence-electron chi connectivity index (χ1n) is 6.08. The van der Waals surface area contributed by atoms with Crippen molar-refractivity contribution >= 4 is 23.5 Å². The molecule has 1 aliphatic rings. The third-order valence-corrected chi connectivity index (χ3v) is 3.46. The molecule has 2 aromatic rings. The molecule has 3 rings (SSSR count). The van der Waals surface area contributed by atoms with Gasteiger partial charge in [-0.2, -0.15) is 9.67 Å². The molecule has 0 bridgehead atoms. The molecule has 1 aliphatic heterocycles. The number of aromatic nitrogens is 3. The van der Waals surface area contributed by atoms with Crippen molar-refractivity contribution < 1.29 is 4.39 Å². The van der Waals surface area contributed by atoms with Gasteiger partial charge >= 0.3 is 0 Å². The maximum absolute atomic E-state index is 13.9. The number of anilines is 2. The molecule has 0 radical (unpaired) electrons. The maximum Gasteiger partial charge on any atom is 0.246 e. The second-order valence-corrected chi connectivity index (χ2v) is 4.85. The zero-order chi connectivity index (χ0) is 13.4. The van der Waals surface area contributed by atoms with E-state index in [1.807, 2.05) is 4.90 Å². The Bertz CT molecular complexity index is 586. The van der Waals surface area contributed by atoms with Gasteiger partial charge in [-0.3, -0.25) is 0 Å². The summed E-state index contributed by atoms with van der Waals surface area (Å²) >= 11 is 6.01. The summed E-state index contributed by atoms with van der Waals surface area (Å²) in [5.41, 5.74) is 5.95. The number of para-hydroxylation sites is 1. The van der Waals surface area contributed by atoms with Crippen molar-refractivity contribution in [2.75, 3.05) is 23.7 Å². The van der Waals surface area contributed by atoms with Crippen LogP contribution in [0.2, 0.25) is 5.02 Å². The first kappa shape index (κ1) is 12.2. The van der Waals surface area contributed by atoms with E-state index in [9.17, 15) is 4.39 Å². The molecule has 0 unspecified atom stereocenters. The monoisotopic (exact) mass is 281 g/mol. The average molecular weight is 282 g/mol. The molecule has 0 atom stereocenters. The van der Waals surface area contributed by atoms with Crippen molar-refractivity contribution in [3.63, 3.8) is 0 Å². The highest BCUT2D eigenvalue weighted by Crippen LogP contribution is 2.26. The third kappa shape index (κ3) is 2.12. The number of hydrogen-bond acceptors (Lipinski definition) is 4. The molecular formula is C12H13ClFN5. The van der Waals surface area contributed by atoms with Crippen LogP contribution in [0.1, 0.15) is 12.8 Å². The Balaban J connectivity index is 2.05. The molecule has 1 saturated heterocycles. The van der Waals surface area contributed by atoms with Crippen LogP contribution in [0.5, 0.6) is 0 Å². The molecule has 0 amide bonds. The van der Waals surface area contributed by atoms with Crippen LogP contribution < -0.4 is 10.6 Å². The number of benzene rings is 1. The lowest BCUT2D eigenvalue weighted by molar-refractivity contribution is 0.611. The molecule has 1 aromatic heterocycles. The molecule has 1 aromatic carbocycles. The lowest BCUT2D eigenvalue weighted by Gasteiger charge is -2.11. The van der Waals surface area contributed by atoms with Gasteiger partial charge in [0.2, 0.25) is 11.9 Å². The number of nitrogens with two attached hydrogens (primary N) is 1. The third-order valence-electron chi connectivity index (χ3n) is 3.16. The number of halogens is 2. The average Bonchev–Trinajstić information content (AvgIpc) is 2.99. The topological polar surface area (TPSA) is 60.0 Å². The Hall–Kier alpha value is -1.82. The number of rotatable bonds is 2. The highest BCUT2D eigenvalue weighted by atomic mass is 35.5. The predicted molar refractivity (Wildman–Crippen MR) is 72.2 cm³/mol. The van der Waals surface area contributed by atoms with Gasteiger partial charge in [0.05, 0.1) is 5.02 Å². The van der Waals surface area contributed by atoms with Crippen LogP contribution in [-0.4, -0.2) is 27.9 Å². The van der Waals surface area contributed by atoms with Crippen LogP contribution in [0.4, 0.5) is 16.3 Å². The van der Waals surface area contributed by atoms with Gasteiger partial charge in [0, 0.05) is 13.1 Å². The fraction of sp³-hybridized carbons (Fsp3) is 0.333. The van der Waals surface area contributed by atoms with Crippen LogP contribution in [0, 0.1) is 5.82 Å². The van der Waals surface area contributed by atoms with Crippen LogP contribution >= 0.6 is 11.6 Å². The normalized spacial score (nSPS) is 15.2. The first-order chi connectivity index (χ1) is 9.16. The van der Waals surface area contributed by atoms with Crippen molar-refractivity contribution in [3.05, 3.63) is 29.0 Å². The fourth-order valence-corrected chi connectivity index (χ4v) is 2.46. The molecule has 0 aliphatic carbocycles. The van der Waals surface area contributed by atoms with Gasteiger partial charge < -0.3 is 10.6 Å². The van der Waals surface area contributed by atoms with Gasteiger partial charge in [-0.25, -0.2) is 4.39 Å². The predicted octanol–water partition coefficient (Wildman–Crippen LogP) is 2.24. The number of nitrogens with zero attached hydrogens (tertiary/aromatic N) is 4. The van der Waals surface area contributed by atoms with Gasteiger partial charge in [-0.05, 0) is 25.0 Å². The SMILES string of the molecule is Nc1nc(N2CCCC2)nn1-c1c(F)cccc1Cl. The van der Waals surface area contributed by atoms with E-state index in [2.05, 4.69) is 10.1 Å². The smallest absolute Gasteiger partial charge is 0.246 e. The van der Waals surface area contributed by atoms with E-state index in [4.69, 9.17) is 17.3 Å². The maximum atomic E-state index is 13.9. The van der Waals surface area contributed by atoms with Gasteiger partial charge in [0.25, 0.3) is 0 Å². The lowest BCUT2D eigenvalue weighted by Crippen LogP contribution is -2.19. The van der Waals surface area contributed by atoms with Crippen LogP contribution in [0.15, 0.2) is 18.2 Å². The van der Waals surface area contributed by atoms with E-state index in [1.54, 1.807) is 6.07 Å². The molecule has 0 spiro atoms. The Kier molecular flexibility index (Phi) is 3.02. The van der Waals surface area contributed by atoms with Crippen LogP contribution in [-0.2, 0) is 0 Å². The van der Waals surface area contributed by atoms with E-state index in [0.717, 1.165) is 25.9 Å². The van der Waals surface area contributed by atoms with E-state index >= 15 is 0 Å². The summed E-state index contributed by atoms with van der Waals surface area (Å²) in [7, 11) is 0. The lowest BCUT2D eigenvalue weighted by atomic mass is 10.3. The molecule has 5 nitrogen and oxygen atoms in total. The highest BCUT2D eigenvalue weighted by Gasteiger charge is 2.21. The summed E-state index contributed by atoms with van der Waals surface area (Å²) in [5, 5.41) is 4.52. The Morgan fingerprint density at radius 3 is 2.68 bits per heavy atom. The Morgan fingerprint density at radius 1 is 1.26 bits per heavy atom. The summed E-state index contributed by atoms with van der Waals surface area (Å²) in [6.07, 6.45) is 2.21. The van der Waals surface area contributed by atoms with Crippen molar-refractivity contribution in [2.24, 2.45) is 0 Å². The first-order valence-corrected chi connectivity index (χ1v) is 6.46. The molecule has 2 N–H and O–H groups in total. The summed E-state index contributed by atoms with van der Waals surface area (Å²) < 4.78 is 15.1. The summed E-state index contributed by atoms with van der Waals surface area (Å²) in [4.78, 5) is 6.21. The van der Waals surface area contributed by atoms with Crippen molar-refractivity contribution in [2.45, 2.75) is 12.8 Å². The van der Waals surface area contributed by atoms with E-state index in [-0.39, 0.29) is 16.7 Å².